The maximum atomic E-state index is 13.7. The average Bonchev–Trinajstić information content (AvgIpc) is 3.49. The lowest BCUT2D eigenvalue weighted by Crippen LogP contribution is -2.47. The Labute approximate surface area is 228 Å². The zero-order valence-electron chi connectivity index (χ0n) is 20.6. The quantitative estimate of drug-likeness (QED) is 0.306. The maximum Gasteiger partial charge on any atom is 0.426 e. The van der Waals surface area contributed by atoms with Crippen LogP contribution < -0.4 is 15.0 Å². The Hall–Kier alpha value is -3.08. The van der Waals surface area contributed by atoms with E-state index in [1.54, 1.807) is 53.4 Å². The van der Waals surface area contributed by atoms with E-state index in [0.717, 1.165) is 12.0 Å². The van der Waals surface area contributed by atoms with Crippen molar-refractivity contribution in [2.45, 2.75) is 45.0 Å². The van der Waals surface area contributed by atoms with Crippen LogP contribution in [0.1, 0.15) is 35.1 Å². The first-order valence-electron chi connectivity index (χ1n) is 11.9. The molecule has 11 heteroatoms. The predicted molar refractivity (Wildman–Crippen MR) is 143 cm³/mol. The second-order valence-electron chi connectivity index (χ2n) is 8.74. The summed E-state index contributed by atoms with van der Waals surface area (Å²) in [5.74, 6) is -0.861. The Balaban J connectivity index is 0.00000400. The Kier molecular flexibility index (Phi) is 9.81. The number of rotatable bonds is 10. The van der Waals surface area contributed by atoms with E-state index in [1.807, 2.05) is 6.92 Å². The van der Waals surface area contributed by atoms with Crippen LogP contribution in [0.2, 0.25) is 0 Å². The first-order valence-corrected chi connectivity index (χ1v) is 12.8. The first kappa shape index (κ1) is 29.5. The zero-order valence-corrected chi connectivity index (χ0v) is 22.2. The molecule has 0 spiro atoms. The number of hydrogen-bond acceptors (Lipinski definition) is 5. The molecule has 2 N–H and O–H groups in total. The summed E-state index contributed by atoms with van der Waals surface area (Å²) in [5.41, 5.74) is 2.18. The van der Waals surface area contributed by atoms with Crippen molar-refractivity contribution in [3.63, 3.8) is 0 Å². The number of carboxylic acid groups (broad SMARTS) is 1. The van der Waals surface area contributed by atoms with Crippen LogP contribution in [-0.2, 0) is 28.8 Å². The van der Waals surface area contributed by atoms with Crippen molar-refractivity contribution in [2.75, 3.05) is 18.0 Å². The van der Waals surface area contributed by atoms with Crippen molar-refractivity contribution in [2.24, 2.45) is 0 Å². The predicted octanol–water partition coefficient (Wildman–Crippen LogP) is 6.17. The number of aliphatic carboxylic acids is 1. The van der Waals surface area contributed by atoms with Gasteiger partial charge in [-0.25, -0.2) is 0 Å². The molecule has 0 fully saturated rings. The van der Waals surface area contributed by atoms with Crippen LogP contribution in [0.5, 0.6) is 5.75 Å². The SMILES string of the molecule is CCCNC(CC(=O)O)C(=O)N1CCc2cc(OCc3cc(-c4ccccc4)c(C(F)(F)F)s3)ccc21.Cl. The molecule has 2 heterocycles. The van der Waals surface area contributed by atoms with Gasteiger partial charge in [0.15, 0.2) is 0 Å². The molecule has 1 aliphatic heterocycles. The van der Waals surface area contributed by atoms with E-state index in [9.17, 15) is 27.9 Å². The molecule has 2 aromatic carbocycles. The van der Waals surface area contributed by atoms with E-state index in [0.29, 0.717) is 52.7 Å². The Morgan fingerprint density at radius 3 is 2.55 bits per heavy atom. The molecule has 0 saturated carbocycles. The maximum absolute atomic E-state index is 13.7. The number of amides is 1. The van der Waals surface area contributed by atoms with E-state index < -0.39 is 23.1 Å². The molecule has 0 aliphatic carbocycles. The summed E-state index contributed by atoms with van der Waals surface area (Å²) in [6, 6.07) is 14.3. The van der Waals surface area contributed by atoms with E-state index in [-0.39, 0.29) is 36.9 Å². The Bertz CT molecular complexity index is 1270. The average molecular weight is 569 g/mol. The number of benzene rings is 2. The molecule has 0 saturated heterocycles. The smallest absolute Gasteiger partial charge is 0.426 e. The number of nitrogens with one attached hydrogen (secondary N) is 1. The highest BCUT2D eigenvalue weighted by molar-refractivity contribution is 7.12. The fraction of sp³-hybridized carbons (Fsp3) is 0.333. The van der Waals surface area contributed by atoms with E-state index in [2.05, 4.69) is 5.32 Å². The van der Waals surface area contributed by atoms with Gasteiger partial charge in [0.05, 0.1) is 12.5 Å². The summed E-state index contributed by atoms with van der Waals surface area (Å²) in [4.78, 5) is 25.7. The molecule has 0 radical (unpaired) electrons. The van der Waals surface area contributed by atoms with Gasteiger partial charge in [-0.1, -0.05) is 37.3 Å². The van der Waals surface area contributed by atoms with Gasteiger partial charge >= 0.3 is 12.1 Å². The van der Waals surface area contributed by atoms with Crippen LogP contribution >= 0.6 is 23.7 Å². The number of anilines is 1. The molecule has 3 aromatic rings. The van der Waals surface area contributed by atoms with E-state index in [1.165, 1.54) is 6.07 Å². The van der Waals surface area contributed by atoms with Gasteiger partial charge in [0.25, 0.3) is 0 Å². The number of carboxylic acids is 1. The fourth-order valence-electron chi connectivity index (χ4n) is 4.34. The lowest BCUT2D eigenvalue weighted by atomic mass is 10.1. The molecule has 4 rings (SSSR count). The van der Waals surface area contributed by atoms with Crippen LogP contribution in [0, 0.1) is 0 Å². The summed E-state index contributed by atoms with van der Waals surface area (Å²) in [6.07, 6.45) is -3.44. The fourth-order valence-corrected chi connectivity index (χ4v) is 5.29. The number of hydrogen-bond donors (Lipinski definition) is 2. The van der Waals surface area contributed by atoms with Crippen LogP contribution in [0.3, 0.4) is 0 Å². The summed E-state index contributed by atoms with van der Waals surface area (Å²) < 4.78 is 46.8. The van der Waals surface area contributed by atoms with Crippen molar-refractivity contribution in [3.8, 4) is 16.9 Å². The normalized spacial score (nSPS) is 13.5. The number of ether oxygens (including phenoxy) is 1. The van der Waals surface area contributed by atoms with Crippen LogP contribution in [0.15, 0.2) is 54.6 Å². The zero-order chi connectivity index (χ0) is 26.6. The number of halogens is 4. The van der Waals surface area contributed by atoms with Gasteiger partial charge in [-0.15, -0.1) is 23.7 Å². The third kappa shape index (κ3) is 6.86. The number of carbonyl (C=O) groups is 2. The van der Waals surface area contributed by atoms with Crippen molar-refractivity contribution in [1.29, 1.82) is 0 Å². The van der Waals surface area contributed by atoms with Crippen molar-refractivity contribution in [1.82, 2.24) is 5.32 Å². The molecule has 1 aromatic heterocycles. The highest BCUT2D eigenvalue weighted by atomic mass is 35.5. The largest absolute Gasteiger partial charge is 0.488 e. The molecule has 6 nitrogen and oxygen atoms in total. The highest BCUT2D eigenvalue weighted by Gasteiger charge is 2.36. The number of carbonyl (C=O) groups excluding carboxylic acids is 1. The Morgan fingerprint density at radius 1 is 1.16 bits per heavy atom. The van der Waals surface area contributed by atoms with Gasteiger partial charge in [-0.05, 0) is 54.8 Å². The highest BCUT2D eigenvalue weighted by Crippen LogP contribution is 2.43. The molecular weight excluding hydrogens is 541 g/mol. The van der Waals surface area contributed by atoms with Crippen molar-refractivity contribution >= 4 is 41.3 Å². The van der Waals surface area contributed by atoms with Gasteiger partial charge in [-0.2, -0.15) is 13.2 Å². The molecule has 1 atom stereocenters. The first-order chi connectivity index (χ1) is 17.7. The molecule has 0 bridgehead atoms. The second-order valence-corrected chi connectivity index (χ2v) is 9.88. The number of alkyl halides is 3. The lowest BCUT2D eigenvalue weighted by molar-refractivity contribution is -0.139. The monoisotopic (exact) mass is 568 g/mol. The molecule has 1 aliphatic rings. The van der Waals surface area contributed by atoms with Crippen LogP contribution in [0.4, 0.5) is 18.9 Å². The topological polar surface area (TPSA) is 78.9 Å². The third-order valence-corrected chi connectivity index (χ3v) is 7.19. The van der Waals surface area contributed by atoms with Crippen molar-refractivity contribution < 1.29 is 32.6 Å². The third-order valence-electron chi connectivity index (χ3n) is 6.04. The van der Waals surface area contributed by atoms with Gasteiger partial charge in [0.2, 0.25) is 5.91 Å². The van der Waals surface area contributed by atoms with Gasteiger partial charge in [0, 0.05) is 22.7 Å². The molecule has 204 valence electrons. The number of thiophene rings is 1. The summed E-state index contributed by atoms with van der Waals surface area (Å²) >= 11 is 0.667. The Morgan fingerprint density at radius 2 is 1.89 bits per heavy atom. The summed E-state index contributed by atoms with van der Waals surface area (Å²) in [5, 5.41) is 12.2. The van der Waals surface area contributed by atoms with Crippen LogP contribution in [0.25, 0.3) is 11.1 Å². The molecule has 38 heavy (non-hydrogen) atoms. The van der Waals surface area contributed by atoms with Crippen molar-refractivity contribution in [3.05, 3.63) is 69.9 Å². The minimum Gasteiger partial charge on any atom is -0.488 e. The minimum absolute atomic E-state index is 0. The molecule has 1 unspecified atom stereocenters. The molecular formula is C27H28ClF3N2O4S. The standard InChI is InChI=1S/C27H27F3N2O4S.ClH/c1-2-11-31-22(15-24(33)34)26(35)32-12-10-18-13-19(8-9-23(18)32)36-16-20-14-21(17-6-4-3-5-7-17)25(37-20)27(28,29)30;/h3-9,13-14,22,31H,2,10-12,15-16H2,1H3,(H,33,34);1H. The minimum atomic E-state index is -4.47. The van der Waals surface area contributed by atoms with Gasteiger partial charge < -0.3 is 20.1 Å². The van der Waals surface area contributed by atoms with E-state index >= 15 is 0 Å². The molecule has 1 amide bonds. The lowest BCUT2D eigenvalue weighted by Gasteiger charge is -2.24. The van der Waals surface area contributed by atoms with Gasteiger partial charge in [-0.3, -0.25) is 9.59 Å². The van der Waals surface area contributed by atoms with Gasteiger partial charge in [0.1, 0.15) is 17.2 Å². The number of nitrogens with zero attached hydrogens (tertiary/aromatic N) is 1. The van der Waals surface area contributed by atoms with E-state index in [4.69, 9.17) is 4.74 Å². The second kappa shape index (κ2) is 12.6. The van der Waals surface area contributed by atoms with Crippen LogP contribution in [-0.4, -0.2) is 36.1 Å². The summed E-state index contributed by atoms with van der Waals surface area (Å²) in [6.45, 7) is 2.86. The summed E-state index contributed by atoms with van der Waals surface area (Å²) in [7, 11) is 0. The number of fused-ring (bicyclic) bond motifs is 1.